The summed E-state index contributed by atoms with van der Waals surface area (Å²) in [5.41, 5.74) is 1.02. The summed E-state index contributed by atoms with van der Waals surface area (Å²) in [6.45, 7) is 1.35. The maximum atomic E-state index is 12.6. The minimum atomic E-state index is -0.956. The summed E-state index contributed by atoms with van der Waals surface area (Å²) in [5.74, 6) is -0.759. The lowest BCUT2D eigenvalue weighted by Gasteiger charge is -2.21. The lowest BCUT2D eigenvalue weighted by Crippen LogP contribution is -2.45. The molecule has 0 saturated carbocycles. The molecular formula is C22H29N5O4. The van der Waals surface area contributed by atoms with Crippen LogP contribution in [0.5, 0.6) is 0 Å². The van der Waals surface area contributed by atoms with Gasteiger partial charge < -0.3 is 15.7 Å². The van der Waals surface area contributed by atoms with Gasteiger partial charge in [-0.2, -0.15) is 0 Å². The molecule has 3 amide bonds. The van der Waals surface area contributed by atoms with Crippen molar-refractivity contribution < 1.29 is 19.5 Å². The van der Waals surface area contributed by atoms with Gasteiger partial charge in [0.2, 0.25) is 11.9 Å². The average Bonchev–Trinajstić information content (AvgIpc) is 2.77. The number of imide groups is 1. The molecular weight excluding hydrogens is 398 g/mol. The first-order chi connectivity index (χ1) is 15.1. The standard InChI is InChI=1S/C22H29N5O4/c28-19(10-6-11-20(29)30)27(17-12-18-8-2-1-3-9-18)22(31)26-14-5-4-13-23-21-24-15-7-16-25-21/h1-3,7-9,15-16H,4-6,10-14,17H2,(H,26,31)(H,29,30)(H,23,24,25). The van der Waals surface area contributed by atoms with E-state index in [0.29, 0.717) is 25.5 Å². The van der Waals surface area contributed by atoms with E-state index >= 15 is 0 Å². The second kappa shape index (κ2) is 13.7. The molecule has 1 aromatic carbocycles. The largest absolute Gasteiger partial charge is 0.481 e. The first kappa shape index (κ1) is 23.8. The summed E-state index contributed by atoms with van der Waals surface area (Å²) in [4.78, 5) is 45.2. The first-order valence-electron chi connectivity index (χ1n) is 10.4. The number of benzene rings is 1. The Morgan fingerprint density at radius 2 is 1.61 bits per heavy atom. The van der Waals surface area contributed by atoms with Crippen LogP contribution in [-0.4, -0.2) is 57.5 Å². The number of carboxylic acid groups (broad SMARTS) is 1. The van der Waals surface area contributed by atoms with Gasteiger partial charge in [0, 0.05) is 44.9 Å². The zero-order valence-electron chi connectivity index (χ0n) is 17.5. The highest BCUT2D eigenvalue weighted by Gasteiger charge is 2.20. The predicted octanol–water partition coefficient (Wildman–Crippen LogP) is 2.70. The normalized spacial score (nSPS) is 10.3. The number of carboxylic acids is 1. The van der Waals surface area contributed by atoms with Crippen molar-refractivity contribution in [1.29, 1.82) is 0 Å². The molecule has 0 unspecified atom stereocenters. The van der Waals surface area contributed by atoms with Crippen molar-refractivity contribution in [1.82, 2.24) is 20.2 Å². The number of anilines is 1. The molecule has 0 aliphatic rings. The third-order valence-corrected chi connectivity index (χ3v) is 4.52. The number of unbranched alkanes of at least 4 members (excludes halogenated alkanes) is 1. The van der Waals surface area contributed by atoms with Gasteiger partial charge in [-0.25, -0.2) is 14.8 Å². The Bertz CT molecular complexity index is 817. The smallest absolute Gasteiger partial charge is 0.324 e. The molecule has 0 aliphatic heterocycles. The van der Waals surface area contributed by atoms with Crippen molar-refractivity contribution in [3.63, 3.8) is 0 Å². The van der Waals surface area contributed by atoms with E-state index in [-0.39, 0.29) is 31.7 Å². The molecule has 166 valence electrons. The number of amides is 3. The Labute approximate surface area is 181 Å². The molecule has 1 heterocycles. The van der Waals surface area contributed by atoms with Crippen molar-refractivity contribution >= 4 is 23.9 Å². The Hall–Kier alpha value is -3.49. The van der Waals surface area contributed by atoms with E-state index in [1.165, 1.54) is 4.90 Å². The Balaban J connectivity index is 1.77. The summed E-state index contributed by atoms with van der Waals surface area (Å²) in [6.07, 6.45) is 5.52. The lowest BCUT2D eigenvalue weighted by atomic mass is 10.1. The Kier molecular flexibility index (Phi) is 10.5. The predicted molar refractivity (Wildman–Crippen MR) is 117 cm³/mol. The van der Waals surface area contributed by atoms with E-state index in [1.807, 2.05) is 30.3 Å². The molecule has 9 heteroatoms. The van der Waals surface area contributed by atoms with Crippen molar-refractivity contribution in [2.75, 3.05) is 25.0 Å². The van der Waals surface area contributed by atoms with Crippen molar-refractivity contribution in [3.8, 4) is 0 Å². The van der Waals surface area contributed by atoms with Crippen LogP contribution in [0.15, 0.2) is 48.8 Å². The molecule has 0 atom stereocenters. The molecule has 0 spiro atoms. The van der Waals surface area contributed by atoms with Gasteiger partial charge in [0.15, 0.2) is 0 Å². The number of carbonyl (C=O) groups excluding carboxylic acids is 2. The number of nitrogens with zero attached hydrogens (tertiary/aromatic N) is 3. The number of rotatable bonds is 13. The number of hydrogen-bond acceptors (Lipinski definition) is 6. The van der Waals surface area contributed by atoms with Crippen molar-refractivity contribution in [3.05, 3.63) is 54.4 Å². The Morgan fingerprint density at radius 1 is 0.903 bits per heavy atom. The highest BCUT2D eigenvalue weighted by Crippen LogP contribution is 2.06. The van der Waals surface area contributed by atoms with Gasteiger partial charge in [-0.15, -0.1) is 0 Å². The molecule has 9 nitrogen and oxygen atoms in total. The fourth-order valence-corrected chi connectivity index (χ4v) is 2.88. The van der Waals surface area contributed by atoms with Crippen LogP contribution in [0.25, 0.3) is 0 Å². The van der Waals surface area contributed by atoms with Gasteiger partial charge in [-0.3, -0.25) is 14.5 Å². The molecule has 1 aromatic heterocycles. The van der Waals surface area contributed by atoms with Gasteiger partial charge in [-0.1, -0.05) is 30.3 Å². The molecule has 0 aliphatic carbocycles. The van der Waals surface area contributed by atoms with Crippen LogP contribution in [0.3, 0.4) is 0 Å². The van der Waals surface area contributed by atoms with Gasteiger partial charge in [0.25, 0.3) is 0 Å². The van der Waals surface area contributed by atoms with E-state index in [1.54, 1.807) is 18.5 Å². The highest BCUT2D eigenvalue weighted by molar-refractivity contribution is 5.94. The van der Waals surface area contributed by atoms with E-state index < -0.39 is 12.0 Å². The fourth-order valence-electron chi connectivity index (χ4n) is 2.88. The van der Waals surface area contributed by atoms with Gasteiger partial charge >= 0.3 is 12.0 Å². The second-order valence-corrected chi connectivity index (χ2v) is 6.97. The molecule has 0 bridgehead atoms. The van der Waals surface area contributed by atoms with E-state index in [4.69, 9.17) is 5.11 Å². The topological polar surface area (TPSA) is 125 Å². The number of aliphatic carboxylic acids is 1. The third-order valence-electron chi connectivity index (χ3n) is 4.52. The summed E-state index contributed by atoms with van der Waals surface area (Å²) >= 11 is 0. The van der Waals surface area contributed by atoms with Crippen LogP contribution >= 0.6 is 0 Å². The Morgan fingerprint density at radius 3 is 2.32 bits per heavy atom. The summed E-state index contributed by atoms with van der Waals surface area (Å²) in [7, 11) is 0. The molecule has 0 radical (unpaired) electrons. The van der Waals surface area contributed by atoms with Crippen molar-refractivity contribution in [2.24, 2.45) is 0 Å². The second-order valence-electron chi connectivity index (χ2n) is 6.97. The molecule has 0 fully saturated rings. The van der Waals surface area contributed by atoms with Crippen LogP contribution in [0.2, 0.25) is 0 Å². The molecule has 2 rings (SSSR count). The molecule has 0 saturated heterocycles. The van der Waals surface area contributed by atoms with Crippen LogP contribution in [-0.2, 0) is 16.0 Å². The maximum absolute atomic E-state index is 12.6. The summed E-state index contributed by atoms with van der Waals surface area (Å²) in [5, 5.41) is 14.7. The average molecular weight is 428 g/mol. The molecule has 31 heavy (non-hydrogen) atoms. The van der Waals surface area contributed by atoms with Gasteiger partial charge in [-0.05, 0) is 37.3 Å². The van der Waals surface area contributed by atoms with E-state index in [0.717, 1.165) is 18.4 Å². The number of carbonyl (C=O) groups is 3. The zero-order chi connectivity index (χ0) is 22.3. The lowest BCUT2D eigenvalue weighted by molar-refractivity contribution is -0.137. The third kappa shape index (κ3) is 9.70. The zero-order valence-corrected chi connectivity index (χ0v) is 17.5. The van der Waals surface area contributed by atoms with Crippen molar-refractivity contribution in [2.45, 2.75) is 38.5 Å². The summed E-state index contributed by atoms with van der Waals surface area (Å²) < 4.78 is 0. The first-order valence-corrected chi connectivity index (χ1v) is 10.4. The number of aromatic nitrogens is 2. The maximum Gasteiger partial charge on any atom is 0.324 e. The van der Waals surface area contributed by atoms with Crippen LogP contribution < -0.4 is 10.6 Å². The van der Waals surface area contributed by atoms with Crippen LogP contribution in [0.1, 0.15) is 37.7 Å². The SMILES string of the molecule is O=C(O)CCCC(=O)N(CCc1ccccc1)C(=O)NCCCCNc1ncccn1. The van der Waals surface area contributed by atoms with E-state index in [2.05, 4.69) is 20.6 Å². The number of urea groups is 1. The highest BCUT2D eigenvalue weighted by atomic mass is 16.4. The summed E-state index contributed by atoms with van der Waals surface area (Å²) in [6, 6.07) is 10.9. The van der Waals surface area contributed by atoms with Crippen LogP contribution in [0.4, 0.5) is 10.7 Å². The van der Waals surface area contributed by atoms with Gasteiger partial charge in [0.05, 0.1) is 0 Å². The minimum Gasteiger partial charge on any atom is -0.481 e. The number of hydrogen-bond donors (Lipinski definition) is 3. The fraction of sp³-hybridized carbons (Fsp3) is 0.409. The number of nitrogens with one attached hydrogen (secondary N) is 2. The van der Waals surface area contributed by atoms with Gasteiger partial charge in [0.1, 0.15) is 0 Å². The monoisotopic (exact) mass is 427 g/mol. The minimum absolute atomic E-state index is 0.0233. The molecule has 3 N–H and O–H groups in total. The van der Waals surface area contributed by atoms with Crippen LogP contribution in [0, 0.1) is 0 Å². The molecule has 2 aromatic rings. The quantitative estimate of drug-likeness (QED) is 0.420. The van der Waals surface area contributed by atoms with E-state index in [9.17, 15) is 14.4 Å².